The molecule has 282 valence electrons. The Bertz CT molecular complexity index is 2910. The van der Waals surface area contributed by atoms with E-state index in [-0.39, 0.29) is 21.1 Å². The van der Waals surface area contributed by atoms with Crippen LogP contribution in [0.4, 0.5) is 0 Å². The number of hydrogen-bond donors (Lipinski definition) is 0. The van der Waals surface area contributed by atoms with E-state index in [1.807, 2.05) is 45.2 Å². The molecule has 4 aromatic heterocycles. The van der Waals surface area contributed by atoms with Crippen LogP contribution in [0.5, 0.6) is 11.5 Å². The third-order valence-corrected chi connectivity index (χ3v) is 11.0. The molecule has 0 aliphatic heterocycles. The summed E-state index contributed by atoms with van der Waals surface area (Å²) in [6.45, 7) is 19.6. The Kier molecular flexibility index (Phi) is 9.49. The summed E-state index contributed by atoms with van der Waals surface area (Å²) < 4.78 is 13.0. The number of para-hydroxylation sites is 1. The summed E-state index contributed by atoms with van der Waals surface area (Å²) in [6, 6.07) is 37.5. The average molecular weight is 916 g/mol. The molecule has 9 rings (SSSR count). The van der Waals surface area contributed by atoms with Gasteiger partial charge in [-0.25, -0.2) is 9.67 Å². The summed E-state index contributed by atoms with van der Waals surface area (Å²) in [4.78, 5) is 5.02. The molecule has 0 N–H and O–H groups in total. The van der Waals surface area contributed by atoms with Crippen molar-refractivity contribution in [2.24, 2.45) is 0 Å². The molecule has 0 atom stereocenters. The number of nitrogens with zero attached hydrogens (tertiary/aromatic N) is 6. The molecule has 0 saturated carbocycles. The number of fused-ring (bicyclic) bond motifs is 6. The fraction of sp³-hybridized carbons (Fsp3) is 0.229. The molecule has 0 spiro atoms. The molecule has 0 aliphatic rings. The van der Waals surface area contributed by atoms with Gasteiger partial charge in [0.2, 0.25) is 0 Å². The molecular formula is C48H44N6OPt. The van der Waals surface area contributed by atoms with E-state index in [9.17, 15) is 0 Å². The van der Waals surface area contributed by atoms with Gasteiger partial charge in [-0.15, -0.1) is 40.8 Å². The van der Waals surface area contributed by atoms with E-state index in [1.165, 1.54) is 44.1 Å². The van der Waals surface area contributed by atoms with Gasteiger partial charge in [0.25, 0.3) is 0 Å². The first-order valence-corrected chi connectivity index (χ1v) is 19.1. The average Bonchev–Trinajstić information content (AvgIpc) is 3.80. The van der Waals surface area contributed by atoms with Crippen LogP contribution in [-0.4, -0.2) is 29.1 Å². The zero-order valence-electron chi connectivity index (χ0n) is 33.2. The zero-order chi connectivity index (χ0) is 38.3. The Hall–Kier alpha value is -5.52. The van der Waals surface area contributed by atoms with Crippen LogP contribution in [0.15, 0.2) is 91.1 Å². The van der Waals surface area contributed by atoms with Crippen molar-refractivity contribution in [2.75, 3.05) is 0 Å². The number of ether oxygens (including phenoxy) is 1. The Balaban J connectivity index is 0.00000441. The fourth-order valence-electron chi connectivity index (χ4n) is 8.08. The maximum atomic E-state index is 6.51. The first-order valence-electron chi connectivity index (χ1n) is 19.1. The summed E-state index contributed by atoms with van der Waals surface area (Å²) in [7, 11) is 0. The van der Waals surface area contributed by atoms with Gasteiger partial charge in [-0.05, 0) is 97.1 Å². The number of aryl methyl sites for hydroxylation is 4. The standard InChI is InChI=1S/C48H44N6O.Pt/c1-27(2)34-20-30(6)47-42(22-34)43-23-35(28(3)4)21-31(7)48(43)52(47)36-16-17-49-46(25-36)53-44-13-11-10-12-40(44)41-15-14-38(26-45(41)53)55-39-19-29(5)18-37(24-39)54-33(9)32(8)50-51-54;/h10-23,25,27-28H,1-9H3;/q-2;+2. The largest absolute Gasteiger partial charge is 2.00 e. The Morgan fingerprint density at radius 2 is 1.32 bits per heavy atom. The molecule has 4 heterocycles. The number of pyridine rings is 1. The van der Waals surface area contributed by atoms with Gasteiger partial charge in [0, 0.05) is 40.1 Å². The van der Waals surface area contributed by atoms with Crippen molar-refractivity contribution < 1.29 is 25.8 Å². The SMILES string of the molecule is Cc1cc(Oc2[c-]c3c(cc2)c2ccccc2n3-c2cc(-n3c4c(C)cc(C(C)C)cc4c4cc(C(C)C)cc(C)c43)ccn2)[c-]c(-n2nnc(C)c2C)c1.[Pt+2]. The molecule has 0 unspecified atom stereocenters. The Labute approximate surface area is 342 Å². The summed E-state index contributed by atoms with van der Waals surface area (Å²) in [5, 5.41) is 13.4. The van der Waals surface area contributed by atoms with E-state index in [0.717, 1.165) is 55.9 Å². The molecule has 0 aliphatic carbocycles. The maximum absolute atomic E-state index is 6.51. The smallest absolute Gasteiger partial charge is 0.509 e. The minimum absolute atomic E-state index is 0. The van der Waals surface area contributed by atoms with Gasteiger partial charge >= 0.3 is 21.1 Å². The van der Waals surface area contributed by atoms with Gasteiger partial charge in [-0.2, -0.15) is 11.6 Å². The van der Waals surface area contributed by atoms with Crippen molar-refractivity contribution >= 4 is 43.6 Å². The molecule has 9 aromatic rings. The minimum Gasteiger partial charge on any atom is -0.509 e. The van der Waals surface area contributed by atoms with E-state index in [1.54, 1.807) is 4.68 Å². The van der Waals surface area contributed by atoms with Crippen LogP contribution >= 0.6 is 0 Å². The number of rotatable bonds is 7. The van der Waals surface area contributed by atoms with Crippen LogP contribution in [0, 0.1) is 46.8 Å². The molecular weight excluding hydrogens is 872 g/mol. The summed E-state index contributed by atoms with van der Waals surface area (Å²) in [5.41, 5.74) is 14.4. The normalized spacial score (nSPS) is 11.8. The van der Waals surface area contributed by atoms with Crippen molar-refractivity contribution in [1.82, 2.24) is 29.1 Å². The van der Waals surface area contributed by atoms with Crippen LogP contribution in [0.2, 0.25) is 0 Å². The van der Waals surface area contributed by atoms with Crippen LogP contribution in [0.25, 0.3) is 60.8 Å². The fourth-order valence-corrected chi connectivity index (χ4v) is 8.08. The summed E-state index contributed by atoms with van der Waals surface area (Å²) >= 11 is 0. The predicted molar refractivity (Wildman–Crippen MR) is 224 cm³/mol. The Morgan fingerprint density at radius 3 is 1.96 bits per heavy atom. The number of aromatic nitrogens is 6. The number of hydrogen-bond acceptors (Lipinski definition) is 4. The molecule has 0 fully saturated rings. The van der Waals surface area contributed by atoms with Gasteiger partial charge in [0.1, 0.15) is 5.82 Å². The zero-order valence-corrected chi connectivity index (χ0v) is 35.5. The first-order chi connectivity index (χ1) is 26.5. The van der Waals surface area contributed by atoms with Crippen molar-refractivity contribution in [3.8, 4) is 28.7 Å². The Morgan fingerprint density at radius 1 is 0.643 bits per heavy atom. The van der Waals surface area contributed by atoms with Crippen molar-refractivity contribution in [3.05, 3.63) is 142 Å². The minimum atomic E-state index is 0. The third kappa shape index (κ3) is 6.13. The van der Waals surface area contributed by atoms with Crippen molar-refractivity contribution in [2.45, 2.75) is 74.1 Å². The molecule has 56 heavy (non-hydrogen) atoms. The van der Waals surface area contributed by atoms with Crippen LogP contribution in [-0.2, 0) is 21.1 Å². The molecule has 5 aromatic carbocycles. The summed E-state index contributed by atoms with van der Waals surface area (Å²) in [5.74, 6) is 2.83. The summed E-state index contributed by atoms with van der Waals surface area (Å²) in [6.07, 6.45) is 1.93. The molecule has 0 radical (unpaired) electrons. The van der Waals surface area contributed by atoms with Gasteiger partial charge in [-0.3, -0.25) is 0 Å². The first kappa shape index (κ1) is 37.4. The molecule has 0 saturated heterocycles. The van der Waals surface area contributed by atoms with E-state index < -0.39 is 0 Å². The van der Waals surface area contributed by atoms with Crippen molar-refractivity contribution in [1.29, 1.82) is 0 Å². The monoisotopic (exact) mass is 915 g/mol. The van der Waals surface area contributed by atoms with Crippen molar-refractivity contribution in [3.63, 3.8) is 0 Å². The van der Waals surface area contributed by atoms with E-state index in [0.29, 0.717) is 23.3 Å². The van der Waals surface area contributed by atoms with E-state index in [2.05, 4.69) is 140 Å². The molecule has 8 heteroatoms. The van der Waals surface area contributed by atoms with Gasteiger partial charge in [0.05, 0.1) is 28.1 Å². The molecule has 0 amide bonds. The second kappa shape index (κ2) is 14.2. The van der Waals surface area contributed by atoms with Gasteiger partial charge in [0.15, 0.2) is 0 Å². The van der Waals surface area contributed by atoms with Gasteiger partial charge in [-0.1, -0.05) is 75.7 Å². The van der Waals surface area contributed by atoms with Crippen LogP contribution in [0.3, 0.4) is 0 Å². The third-order valence-electron chi connectivity index (χ3n) is 11.0. The van der Waals surface area contributed by atoms with E-state index >= 15 is 0 Å². The maximum Gasteiger partial charge on any atom is 2.00 e. The second-order valence-electron chi connectivity index (χ2n) is 15.6. The topological polar surface area (TPSA) is 62.7 Å². The van der Waals surface area contributed by atoms with Crippen LogP contribution in [0.1, 0.15) is 78.7 Å². The molecule has 7 nitrogen and oxygen atoms in total. The van der Waals surface area contributed by atoms with E-state index in [4.69, 9.17) is 9.72 Å². The molecule has 0 bridgehead atoms. The second-order valence-corrected chi connectivity index (χ2v) is 15.6. The predicted octanol–water partition coefficient (Wildman–Crippen LogP) is 12.0. The quantitative estimate of drug-likeness (QED) is 0.149. The van der Waals surface area contributed by atoms with Gasteiger partial charge < -0.3 is 13.9 Å². The number of benzene rings is 5. The van der Waals surface area contributed by atoms with Crippen LogP contribution < -0.4 is 4.74 Å².